The van der Waals surface area contributed by atoms with Crippen molar-refractivity contribution < 1.29 is 28.6 Å². The molecular formula is C12H13F2NO4S. The van der Waals surface area contributed by atoms with Crippen LogP contribution in [-0.4, -0.2) is 40.0 Å². The molecule has 0 fully saturated rings. The van der Waals surface area contributed by atoms with Crippen LogP contribution in [-0.2, 0) is 9.59 Å². The van der Waals surface area contributed by atoms with E-state index in [0.29, 0.717) is 4.90 Å². The van der Waals surface area contributed by atoms with Crippen molar-refractivity contribution in [2.45, 2.75) is 24.0 Å². The van der Waals surface area contributed by atoms with E-state index >= 15 is 0 Å². The number of carbonyl (C=O) groups excluding carboxylic acids is 1. The van der Waals surface area contributed by atoms with E-state index in [4.69, 9.17) is 5.11 Å². The van der Waals surface area contributed by atoms with Gasteiger partial charge in [0, 0.05) is 4.90 Å². The lowest BCUT2D eigenvalue weighted by molar-refractivity contribution is -0.144. The number of carboxylic acids is 1. The molecule has 2 atom stereocenters. The minimum absolute atomic E-state index is 0.179. The highest BCUT2D eigenvalue weighted by atomic mass is 32.2. The Kier molecular flexibility index (Phi) is 5.90. The van der Waals surface area contributed by atoms with Gasteiger partial charge in [0.15, 0.2) is 17.7 Å². The monoisotopic (exact) mass is 305 g/mol. The topological polar surface area (TPSA) is 86.6 Å². The molecule has 3 N–H and O–H groups in total. The number of carbonyl (C=O) groups is 2. The maximum absolute atomic E-state index is 12.9. The van der Waals surface area contributed by atoms with Gasteiger partial charge in [-0.05, 0) is 25.1 Å². The van der Waals surface area contributed by atoms with E-state index in [1.54, 1.807) is 0 Å². The summed E-state index contributed by atoms with van der Waals surface area (Å²) >= 11 is 0.924. The van der Waals surface area contributed by atoms with Crippen LogP contribution in [0.25, 0.3) is 0 Å². The number of carboxylic acid groups (broad SMARTS) is 1. The molecule has 0 aromatic heterocycles. The van der Waals surface area contributed by atoms with Crippen LogP contribution < -0.4 is 5.32 Å². The molecule has 1 aromatic carbocycles. The van der Waals surface area contributed by atoms with E-state index in [-0.39, 0.29) is 5.75 Å². The third-order valence-corrected chi connectivity index (χ3v) is 3.32. The molecule has 0 heterocycles. The molecule has 0 aliphatic rings. The molecular weight excluding hydrogens is 292 g/mol. The number of aliphatic carboxylic acids is 1. The van der Waals surface area contributed by atoms with E-state index in [0.717, 1.165) is 23.9 Å². The zero-order chi connectivity index (χ0) is 15.3. The van der Waals surface area contributed by atoms with Gasteiger partial charge in [-0.25, -0.2) is 13.6 Å². The van der Waals surface area contributed by atoms with E-state index in [1.807, 2.05) is 0 Å². The van der Waals surface area contributed by atoms with Crippen LogP contribution in [0.15, 0.2) is 23.1 Å². The van der Waals surface area contributed by atoms with Gasteiger partial charge in [0.1, 0.15) is 0 Å². The van der Waals surface area contributed by atoms with Crippen molar-refractivity contribution in [2.24, 2.45) is 0 Å². The number of benzene rings is 1. The number of aliphatic hydroxyl groups excluding tert-OH is 1. The molecule has 110 valence electrons. The van der Waals surface area contributed by atoms with E-state index in [2.05, 4.69) is 5.32 Å². The van der Waals surface area contributed by atoms with Crippen LogP contribution in [0.2, 0.25) is 0 Å². The van der Waals surface area contributed by atoms with Gasteiger partial charge in [0.2, 0.25) is 5.91 Å². The summed E-state index contributed by atoms with van der Waals surface area (Å²) in [6, 6.07) is 1.77. The molecule has 1 rings (SSSR count). The third kappa shape index (κ3) is 4.78. The molecule has 1 amide bonds. The van der Waals surface area contributed by atoms with Crippen molar-refractivity contribution in [3.05, 3.63) is 29.8 Å². The molecule has 0 aliphatic carbocycles. The molecule has 1 aromatic rings. The summed E-state index contributed by atoms with van der Waals surface area (Å²) in [4.78, 5) is 22.6. The van der Waals surface area contributed by atoms with Gasteiger partial charge in [-0.3, -0.25) is 4.79 Å². The van der Waals surface area contributed by atoms with Crippen LogP contribution in [0, 0.1) is 11.6 Å². The highest BCUT2D eigenvalue weighted by molar-refractivity contribution is 8.00. The predicted molar refractivity (Wildman–Crippen MR) is 68.3 cm³/mol. The van der Waals surface area contributed by atoms with Gasteiger partial charge in [-0.15, -0.1) is 11.8 Å². The minimum atomic E-state index is -1.41. The summed E-state index contributed by atoms with van der Waals surface area (Å²) in [6.45, 7) is 1.24. The fourth-order valence-corrected chi connectivity index (χ4v) is 2.05. The lowest BCUT2D eigenvalue weighted by Gasteiger charge is -2.16. The van der Waals surface area contributed by atoms with E-state index in [9.17, 15) is 23.5 Å². The van der Waals surface area contributed by atoms with Crippen LogP contribution >= 0.6 is 11.8 Å². The maximum atomic E-state index is 12.9. The standard InChI is InChI=1S/C12H13F2NO4S/c1-6(16)11(12(18)19)15-10(17)5-20-7-2-3-8(13)9(14)4-7/h2-4,6,11,16H,5H2,1H3,(H,15,17)(H,18,19). The van der Waals surface area contributed by atoms with E-state index < -0.39 is 35.7 Å². The van der Waals surface area contributed by atoms with Gasteiger partial charge < -0.3 is 15.5 Å². The second-order valence-electron chi connectivity index (χ2n) is 3.99. The summed E-state index contributed by atoms with van der Waals surface area (Å²) in [5, 5.41) is 20.1. The van der Waals surface area contributed by atoms with Crippen LogP contribution in [0.1, 0.15) is 6.92 Å². The van der Waals surface area contributed by atoms with Crippen molar-refractivity contribution >= 4 is 23.6 Å². The molecule has 0 spiro atoms. The van der Waals surface area contributed by atoms with Gasteiger partial charge in [0.25, 0.3) is 0 Å². The minimum Gasteiger partial charge on any atom is -0.480 e. The Labute approximate surface area is 118 Å². The zero-order valence-corrected chi connectivity index (χ0v) is 11.3. The van der Waals surface area contributed by atoms with Crippen LogP contribution in [0.3, 0.4) is 0 Å². The molecule has 8 heteroatoms. The molecule has 0 aliphatic heterocycles. The molecule has 20 heavy (non-hydrogen) atoms. The molecule has 0 bridgehead atoms. The van der Waals surface area contributed by atoms with Crippen LogP contribution in [0.5, 0.6) is 0 Å². The number of hydrogen-bond donors (Lipinski definition) is 3. The Bertz CT molecular complexity index is 510. The highest BCUT2D eigenvalue weighted by Gasteiger charge is 2.24. The van der Waals surface area contributed by atoms with E-state index in [1.165, 1.54) is 13.0 Å². The second kappa shape index (κ2) is 7.20. The Morgan fingerprint density at radius 3 is 2.50 bits per heavy atom. The molecule has 2 unspecified atom stereocenters. The van der Waals surface area contributed by atoms with Gasteiger partial charge in [-0.2, -0.15) is 0 Å². The highest BCUT2D eigenvalue weighted by Crippen LogP contribution is 2.20. The molecule has 0 saturated heterocycles. The molecule has 5 nitrogen and oxygen atoms in total. The first-order valence-corrected chi connectivity index (χ1v) is 6.58. The Hall–Kier alpha value is -1.67. The summed E-state index contributed by atoms with van der Waals surface area (Å²) < 4.78 is 25.6. The first kappa shape index (κ1) is 16.4. The number of amides is 1. The van der Waals surface area contributed by atoms with Gasteiger partial charge >= 0.3 is 5.97 Å². The Balaban J connectivity index is 2.54. The first-order valence-electron chi connectivity index (χ1n) is 5.59. The molecule has 0 saturated carbocycles. The van der Waals surface area contributed by atoms with Gasteiger partial charge in [0.05, 0.1) is 11.9 Å². The van der Waals surface area contributed by atoms with Crippen molar-refractivity contribution in [3.63, 3.8) is 0 Å². The predicted octanol–water partition coefficient (Wildman–Crippen LogP) is 1.01. The number of thioether (sulfide) groups is 1. The smallest absolute Gasteiger partial charge is 0.328 e. The third-order valence-electron chi connectivity index (χ3n) is 2.33. The maximum Gasteiger partial charge on any atom is 0.328 e. The fraction of sp³-hybridized carbons (Fsp3) is 0.333. The Morgan fingerprint density at radius 2 is 2.00 bits per heavy atom. The molecule has 0 radical (unpaired) electrons. The average molecular weight is 305 g/mol. The lowest BCUT2D eigenvalue weighted by atomic mass is 10.2. The largest absolute Gasteiger partial charge is 0.480 e. The average Bonchev–Trinajstić information content (AvgIpc) is 2.36. The van der Waals surface area contributed by atoms with Crippen molar-refractivity contribution in [1.82, 2.24) is 5.32 Å². The number of nitrogens with one attached hydrogen (secondary N) is 1. The fourth-order valence-electron chi connectivity index (χ4n) is 1.32. The van der Waals surface area contributed by atoms with Crippen molar-refractivity contribution in [1.29, 1.82) is 0 Å². The van der Waals surface area contributed by atoms with Crippen molar-refractivity contribution in [3.8, 4) is 0 Å². The Morgan fingerprint density at radius 1 is 1.35 bits per heavy atom. The number of rotatable bonds is 6. The van der Waals surface area contributed by atoms with Gasteiger partial charge in [-0.1, -0.05) is 0 Å². The lowest BCUT2D eigenvalue weighted by Crippen LogP contribution is -2.48. The quantitative estimate of drug-likeness (QED) is 0.683. The SMILES string of the molecule is CC(O)C(NC(=O)CSc1ccc(F)c(F)c1)C(=O)O. The normalized spacial score (nSPS) is 13.6. The van der Waals surface area contributed by atoms with Crippen molar-refractivity contribution in [2.75, 3.05) is 5.75 Å². The number of aliphatic hydroxyl groups is 1. The summed E-state index contributed by atoms with van der Waals surface area (Å²) in [5.74, 6) is -4.18. The van der Waals surface area contributed by atoms with Crippen LogP contribution in [0.4, 0.5) is 8.78 Å². The first-order chi connectivity index (χ1) is 9.31. The zero-order valence-electron chi connectivity index (χ0n) is 10.5. The summed E-state index contributed by atoms with van der Waals surface area (Å²) in [7, 11) is 0. The summed E-state index contributed by atoms with van der Waals surface area (Å²) in [5.41, 5.74) is 0. The summed E-state index contributed by atoms with van der Waals surface area (Å²) in [6.07, 6.45) is -1.25. The number of halogens is 2. The second-order valence-corrected chi connectivity index (χ2v) is 5.04. The number of hydrogen-bond acceptors (Lipinski definition) is 4.